The zero-order chi connectivity index (χ0) is 15.5. The van der Waals surface area contributed by atoms with Crippen LogP contribution in [0.25, 0.3) is 11.2 Å². The number of H-pyrrole nitrogens is 1. The number of likely N-dealkylation sites (tertiary alicyclic amines) is 1. The minimum absolute atomic E-state index is 0.429. The Balaban J connectivity index is 1.32. The summed E-state index contributed by atoms with van der Waals surface area (Å²) in [6.45, 7) is 3.22. The predicted molar refractivity (Wildman–Crippen MR) is 90.0 cm³/mol. The van der Waals surface area contributed by atoms with E-state index >= 15 is 0 Å². The van der Waals surface area contributed by atoms with Gasteiger partial charge in [0.1, 0.15) is 5.52 Å². The van der Waals surface area contributed by atoms with Gasteiger partial charge in [0.25, 0.3) is 0 Å². The molecule has 1 fully saturated rings. The first-order valence-electron chi connectivity index (χ1n) is 8.06. The molecule has 2 N–H and O–H groups in total. The highest BCUT2D eigenvalue weighted by molar-refractivity contribution is 5.69. The second-order valence-corrected chi connectivity index (χ2v) is 6.01. The number of rotatable bonds is 4. The molecule has 0 amide bonds. The Bertz CT molecular complexity index is 761. The minimum Gasteiger partial charge on any atom is -0.351 e. The standard InChI is InChI=1S/C17H20N6/c1-2-4-13(5-3-1)11-23-8-6-14(7-9-23)21-17-18-10-15-16(22-17)20-12-19-15/h1-5,10,12,14H,6-9,11H2,(H2,18,19,20,21,22). The Hall–Kier alpha value is -2.47. The van der Waals surface area contributed by atoms with Crippen molar-refractivity contribution in [1.29, 1.82) is 0 Å². The fourth-order valence-electron chi connectivity index (χ4n) is 3.07. The molecule has 1 saturated heterocycles. The van der Waals surface area contributed by atoms with Crippen LogP contribution in [0.2, 0.25) is 0 Å². The lowest BCUT2D eigenvalue weighted by molar-refractivity contribution is 0.211. The molecular formula is C17H20N6. The Kier molecular flexibility index (Phi) is 3.90. The Morgan fingerprint density at radius 2 is 1.96 bits per heavy atom. The van der Waals surface area contributed by atoms with Crippen molar-refractivity contribution in [2.24, 2.45) is 0 Å². The van der Waals surface area contributed by atoms with Crippen LogP contribution in [-0.4, -0.2) is 44.0 Å². The topological polar surface area (TPSA) is 69.7 Å². The van der Waals surface area contributed by atoms with Gasteiger partial charge in [-0.2, -0.15) is 4.98 Å². The number of hydrogen-bond acceptors (Lipinski definition) is 5. The van der Waals surface area contributed by atoms with Crippen LogP contribution in [-0.2, 0) is 6.54 Å². The Morgan fingerprint density at radius 3 is 2.78 bits per heavy atom. The van der Waals surface area contributed by atoms with Crippen molar-refractivity contribution >= 4 is 17.1 Å². The van der Waals surface area contributed by atoms with Gasteiger partial charge in [-0.1, -0.05) is 30.3 Å². The molecule has 23 heavy (non-hydrogen) atoms. The Morgan fingerprint density at radius 1 is 1.13 bits per heavy atom. The molecule has 1 aromatic carbocycles. The van der Waals surface area contributed by atoms with Crippen LogP contribution in [0.5, 0.6) is 0 Å². The molecule has 1 aliphatic rings. The maximum atomic E-state index is 4.44. The number of hydrogen-bond donors (Lipinski definition) is 2. The van der Waals surface area contributed by atoms with Crippen LogP contribution in [0.15, 0.2) is 42.9 Å². The second-order valence-electron chi connectivity index (χ2n) is 6.01. The normalized spacial score (nSPS) is 16.7. The first-order chi connectivity index (χ1) is 11.4. The van der Waals surface area contributed by atoms with E-state index in [-0.39, 0.29) is 0 Å². The van der Waals surface area contributed by atoms with Gasteiger partial charge in [0.15, 0.2) is 5.65 Å². The van der Waals surface area contributed by atoms with E-state index in [0.717, 1.165) is 38.0 Å². The smallest absolute Gasteiger partial charge is 0.225 e. The molecule has 0 unspecified atom stereocenters. The van der Waals surface area contributed by atoms with Crippen LogP contribution < -0.4 is 5.32 Å². The first-order valence-corrected chi connectivity index (χ1v) is 8.06. The molecule has 3 aromatic rings. The lowest BCUT2D eigenvalue weighted by Crippen LogP contribution is -2.38. The monoisotopic (exact) mass is 308 g/mol. The number of fused-ring (bicyclic) bond motifs is 1. The average molecular weight is 308 g/mol. The van der Waals surface area contributed by atoms with E-state index in [1.807, 2.05) is 0 Å². The quantitative estimate of drug-likeness (QED) is 0.774. The molecule has 0 aliphatic carbocycles. The van der Waals surface area contributed by atoms with Crippen molar-refractivity contribution in [2.75, 3.05) is 18.4 Å². The summed E-state index contributed by atoms with van der Waals surface area (Å²) in [6, 6.07) is 11.1. The lowest BCUT2D eigenvalue weighted by atomic mass is 10.0. The summed E-state index contributed by atoms with van der Waals surface area (Å²) in [5.74, 6) is 0.672. The number of piperidine rings is 1. The van der Waals surface area contributed by atoms with Gasteiger partial charge in [-0.3, -0.25) is 4.90 Å². The highest BCUT2D eigenvalue weighted by atomic mass is 15.2. The van der Waals surface area contributed by atoms with Gasteiger partial charge in [0.2, 0.25) is 5.95 Å². The van der Waals surface area contributed by atoms with Gasteiger partial charge < -0.3 is 10.3 Å². The summed E-state index contributed by atoms with van der Waals surface area (Å²) in [5.41, 5.74) is 2.96. The molecule has 4 rings (SSSR count). The first kappa shape index (κ1) is 14.1. The zero-order valence-electron chi connectivity index (χ0n) is 12.9. The third-order valence-corrected chi connectivity index (χ3v) is 4.35. The molecule has 0 saturated carbocycles. The molecule has 6 heteroatoms. The van der Waals surface area contributed by atoms with E-state index in [1.165, 1.54) is 5.56 Å². The predicted octanol–water partition coefficient (Wildman–Crippen LogP) is 2.43. The highest BCUT2D eigenvalue weighted by Crippen LogP contribution is 2.17. The summed E-state index contributed by atoms with van der Waals surface area (Å²) >= 11 is 0. The van der Waals surface area contributed by atoms with Crippen LogP contribution >= 0.6 is 0 Å². The summed E-state index contributed by atoms with van der Waals surface area (Å²) in [4.78, 5) is 18.5. The van der Waals surface area contributed by atoms with Crippen molar-refractivity contribution in [3.05, 3.63) is 48.4 Å². The molecule has 6 nitrogen and oxygen atoms in total. The molecule has 118 valence electrons. The number of aromatic nitrogens is 4. The SMILES string of the molecule is c1ccc(CN2CCC(Nc3ncc4[nH]cnc4n3)CC2)cc1. The van der Waals surface area contributed by atoms with Crippen LogP contribution in [0, 0.1) is 0 Å². The third-order valence-electron chi connectivity index (χ3n) is 4.35. The molecular weight excluding hydrogens is 288 g/mol. The van der Waals surface area contributed by atoms with Crippen molar-refractivity contribution in [1.82, 2.24) is 24.8 Å². The number of nitrogens with one attached hydrogen (secondary N) is 2. The largest absolute Gasteiger partial charge is 0.351 e. The lowest BCUT2D eigenvalue weighted by Gasteiger charge is -2.32. The third kappa shape index (κ3) is 3.32. The van der Waals surface area contributed by atoms with Gasteiger partial charge in [-0.05, 0) is 18.4 Å². The summed E-state index contributed by atoms with van der Waals surface area (Å²) in [6.07, 6.45) is 5.64. The molecule has 3 heterocycles. The molecule has 0 bridgehead atoms. The molecule has 0 radical (unpaired) electrons. The molecule has 1 aliphatic heterocycles. The maximum Gasteiger partial charge on any atom is 0.225 e. The van der Waals surface area contributed by atoms with E-state index in [1.54, 1.807) is 12.5 Å². The summed E-state index contributed by atoms with van der Waals surface area (Å²) in [5, 5.41) is 3.44. The molecule has 2 aromatic heterocycles. The van der Waals surface area contributed by atoms with Gasteiger partial charge in [-0.25, -0.2) is 9.97 Å². The van der Waals surface area contributed by atoms with Crippen molar-refractivity contribution < 1.29 is 0 Å². The van der Waals surface area contributed by atoms with Crippen LogP contribution in [0.3, 0.4) is 0 Å². The summed E-state index contributed by atoms with van der Waals surface area (Å²) < 4.78 is 0. The van der Waals surface area contributed by atoms with Crippen LogP contribution in [0.1, 0.15) is 18.4 Å². The van der Waals surface area contributed by atoms with E-state index in [0.29, 0.717) is 17.6 Å². The maximum absolute atomic E-state index is 4.44. The van der Waals surface area contributed by atoms with Gasteiger partial charge in [-0.15, -0.1) is 0 Å². The number of aromatic amines is 1. The van der Waals surface area contributed by atoms with E-state index < -0.39 is 0 Å². The fourth-order valence-corrected chi connectivity index (χ4v) is 3.07. The average Bonchev–Trinajstić information content (AvgIpc) is 3.05. The van der Waals surface area contributed by atoms with Crippen molar-refractivity contribution in [2.45, 2.75) is 25.4 Å². The second kappa shape index (κ2) is 6.34. The van der Waals surface area contributed by atoms with Gasteiger partial charge in [0, 0.05) is 25.7 Å². The number of nitrogens with zero attached hydrogens (tertiary/aromatic N) is 4. The van der Waals surface area contributed by atoms with E-state index in [9.17, 15) is 0 Å². The molecule has 0 atom stereocenters. The van der Waals surface area contributed by atoms with Crippen LogP contribution in [0.4, 0.5) is 5.95 Å². The number of anilines is 1. The fraction of sp³-hybridized carbons (Fsp3) is 0.353. The number of benzene rings is 1. The van der Waals surface area contributed by atoms with Crippen molar-refractivity contribution in [3.63, 3.8) is 0 Å². The molecule has 0 spiro atoms. The zero-order valence-corrected chi connectivity index (χ0v) is 12.9. The highest BCUT2D eigenvalue weighted by Gasteiger charge is 2.19. The summed E-state index contributed by atoms with van der Waals surface area (Å²) in [7, 11) is 0. The van der Waals surface area contributed by atoms with Gasteiger partial charge in [0.05, 0.1) is 12.5 Å². The Labute approximate surface area is 135 Å². The van der Waals surface area contributed by atoms with E-state index in [2.05, 4.69) is 60.5 Å². The minimum atomic E-state index is 0.429. The van der Waals surface area contributed by atoms with E-state index in [4.69, 9.17) is 0 Å². The van der Waals surface area contributed by atoms with Crippen molar-refractivity contribution in [3.8, 4) is 0 Å². The number of imidazole rings is 1. The van der Waals surface area contributed by atoms with Gasteiger partial charge >= 0.3 is 0 Å².